The van der Waals surface area contributed by atoms with E-state index in [1.54, 1.807) is 11.3 Å². The highest BCUT2D eigenvalue weighted by atomic mass is 32.2. The van der Waals surface area contributed by atoms with Crippen LogP contribution in [0.4, 0.5) is 0 Å². The van der Waals surface area contributed by atoms with Crippen molar-refractivity contribution in [2.45, 2.75) is 33.4 Å². The number of hydrogen-bond acceptors (Lipinski definition) is 4. The van der Waals surface area contributed by atoms with Gasteiger partial charge < -0.3 is 5.32 Å². The number of nitrogens with zero attached hydrogens (tertiary/aromatic N) is 1. The Labute approximate surface area is 94.5 Å². The van der Waals surface area contributed by atoms with Crippen LogP contribution in [0.3, 0.4) is 0 Å². The van der Waals surface area contributed by atoms with Crippen LogP contribution in [0.25, 0.3) is 0 Å². The van der Waals surface area contributed by atoms with Gasteiger partial charge in [-0.3, -0.25) is 0 Å². The molecule has 1 aromatic heterocycles. The highest BCUT2D eigenvalue weighted by Crippen LogP contribution is 2.16. The molecular weight excluding hydrogens is 212 g/mol. The summed E-state index contributed by atoms with van der Waals surface area (Å²) in [5.41, 5.74) is 1.17. The summed E-state index contributed by atoms with van der Waals surface area (Å²) < 4.78 is 0. The standard InChI is InChI=1S/C10H18N2S2/c1-7(6-13-4)11-5-10-12-8(2)9(3)14-10/h7,11H,5-6H2,1-4H3. The molecule has 1 heterocycles. The van der Waals surface area contributed by atoms with Gasteiger partial charge in [0, 0.05) is 23.2 Å². The van der Waals surface area contributed by atoms with Crippen LogP contribution in [-0.2, 0) is 6.54 Å². The van der Waals surface area contributed by atoms with Crippen LogP contribution in [0.1, 0.15) is 22.5 Å². The fraction of sp³-hybridized carbons (Fsp3) is 0.700. The first-order valence-electron chi connectivity index (χ1n) is 4.78. The Balaban J connectivity index is 2.38. The Morgan fingerprint density at radius 2 is 2.21 bits per heavy atom. The van der Waals surface area contributed by atoms with Gasteiger partial charge in [-0.2, -0.15) is 11.8 Å². The highest BCUT2D eigenvalue weighted by molar-refractivity contribution is 7.98. The third-order valence-corrected chi connectivity index (χ3v) is 4.00. The number of aryl methyl sites for hydroxylation is 2. The lowest BCUT2D eigenvalue weighted by atomic mass is 10.4. The predicted octanol–water partition coefficient (Wildman–Crippen LogP) is 2.60. The molecule has 0 spiro atoms. The Morgan fingerprint density at radius 1 is 1.50 bits per heavy atom. The molecule has 0 bridgehead atoms. The summed E-state index contributed by atoms with van der Waals surface area (Å²) in [7, 11) is 0. The number of rotatable bonds is 5. The minimum Gasteiger partial charge on any atom is -0.307 e. The molecule has 0 aliphatic heterocycles. The lowest BCUT2D eigenvalue weighted by molar-refractivity contribution is 0.594. The van der Waals surface area contributed by atoms with E-state index in [-0.39, 0.29) is 0 Å². The van der Waals surface area contributed by atoms with Crippen LogP contribution < -0.4 is 5.32 Å². The van der Waals surface area contributed by atoms with E-state index in [1.165, 1.54) is 15.6 Å². The van der Waals surface area contributed by atoms with Crippen molar-refractivity contribution in [3.63, 3.8) is 0 Å². The van der Waals surface area contributed by atoms with Crippen molar-refractivity contribution in [2.75, 3.05) is 12.0 Å². The van der Waals surface area contributed by atoms with E-state index in [1.807, 2.05) is 11.8 Å². The van der Waals surface area contributed by atoms with Gasteiger partial charge in [-0.25, -0.2) is 4.98 Å². The van der Waals surface area contributed by atoms with Crippen LogP contribution in [0.15, 0.2) is 0 Å². The third kappa shape index (κ3) is 3.59. The summed E-state index contributed by atoms with van der Waals surface area (Å²) in [6.45, 7) is 7.31. The van der Waals surface area contributed by atoms with Crippen molar-refractivity contribution in [1.82, 2.24) is 10.3 Å². The van der Waals surface area contributed by atoms with E-state index < -0.39 is 0 Å². The van der Waals surface area contributed by atoms with E-state index >= 15 is 0 Å². The first-order valence-corrected chi connectivity index (χ1v) is 6.99. The number of thiazole rings is 1. The second kappa shape index (κ2) is 5.73. The first kappa shape index (κ1) is 12.0. The largest absolute Gasteiger partial charge is 0.307 e. The normalized spacial score (nSPS) is 13.1. The van der Waals surface area contributed by atoms with Crippen molar-refractivity contribution < 1.29 is 0 Å². The van der Waals surface area contributed by atoms with Crippen LogP contribution in [0.2, 0.25) is 0 Å². The average molecular weight is 230 g/mol. The molecule has 1 N–H and O–H groups in total. The molecule has 0 aliphatic carbocycles. The third-order valence-electron chi connectivity index (χ3n) is 2.09. The molecule has 0 radical (unpaired) electrons. The molecule has 0 aromatic carbocycles. The fourth-order valence-electron chi connectivity index (χ4n) is 1.19. The lowest BCUT2D eigenvalue weighted by Gasteiger charge is -2.10. The smallest absolute Gasteiger partial charge is 0.107 e. The van der Waals surface area contributed by atoms with E-state index in [0.717, 1.165) is 12.3 Å². The molecule has 1 atom stereocenters. The number of aromatic nitrogens is 1. The monoisotopic (exact) mass is 230 g/mol. The van der Waals surface area contributed by atoms with Crippen LogP contribution in [-0.4, -0.2) is 23.0 Å². The summed E-state index contributed by atoms with van der Waals surface area (Å²) in [6.07, 6.45) is 2.13. The molecule has 4 heteroatoms. The zero-order valence-corrected chi connectivity index (χ0v) is 10.9. The van der Waals surface area contributed by atoms with Crippen molar-refractivity contribution in [1.29, 1.82) is 0 Å². The SMILES string of the molecule is CSCC(C)NCc1nc(C)c(C)s1. The van der Waals surface area contributed by atoms with Gasteiger partial charge in [-0.15, -0.1) is 11.3 Å². The molecule has 2 nitrogen and oxygen atoms in total. The molecule has 0 fully saturated rings. The quantitative estimate of drug-likeness (QED) is 0.841. The molecule has 14 heavy (non-hydrogen) atoms. The first-order chi connectivity index (χ1) is 6.63. The number of thioether (sulfide) groups is 1. The van der Waals surface area contributed by atoms with E-state index in [0.29, 0.717) is 6.04 Å². The van der Waals surface area contributed by atoms with Gasteiger partial charge >= 0.3 is 0 Å². The zero-order valence-electron chi connectivity index (χ0n) is 9.26. The maximum atomic E-state index is 4.49. The summed E-state index contributed by atoms with van der Waals surface area (Å²) in [5, 5.41) is 4.67. The lowest BCUT2D eigenvalue weighted by Crippen LogP contribution is -2.27. The molecule has 1 rings (SSSR count). The number of hydrogen-bond donors (Lipinski definition) is 1. The molecule has 80 valence electrons. The van der Waals surface area contributed by atoms with Crippen molar-refractivity contribution in [2.24, 2.45) is 0 Å². The predicted molar refractivity (Wildman–Crippen MR) is 66.3 cm³/mol. The topological polar surface area (TPSA) is 24.9 Å². The Morgan fingerprint density at radius 3 is 2.71 bits per heavy atom. The van der Waals surface area contributed by atoms with Crippen LogP contribution in [0.5, 0.6) is 0 Å². The van der Waals surface area contributed by atoms with Gasteiger partial charge in [-0.05, 0) is 27.0 Å². The van der Waals surface area contributed by atoms with Gasteiger partial charge in [0.05, 0.1) is 5.69 Å². The number of nitrogens with one attached hydrogen (secondary N) is 1. The molecule has 1 unspecified atom stereocenters. The maximum absolute atomic E-state index is 4.49. The van der Waals surface area contributed by atoms with E-state index in [9.17, 15) is 0 Å². The summed E-state index contributed by atoms with van der Waals surface area (Å²) in [5.74, 6) is 1.16. The fourth-order valence-corrected chi connectivity index (χ4v) is 2.69. The van der Waals surface area contributed by atoms with Gasteiger partial charge in [0.15, 0.2) is 0 Å². The van der Waals surface area contributed by atoms with E-state index in [4.69, 9.17) is 0 Å². The Bertz CT molecular complexity index is 264. The molecule has 0 saturated heterocycles. The Hall–Kier alpha value is -0.0600. The molecule has 0 saturated carbocycles. The van der Waals surface area contributed by atoms with E-state index in [2.05, 4.69) is 37.3 Å². The summed E-state index contributed by atoms with van der Waals surface area (Å²) in [4.78, 5) is 5.82. The zero-order chi connectivity index (χ0) is 10.6. The van der Waals surface area contributed by atoms with Crippen molar-refractivity contribution in [3.05, 3.63) is 15.6 Å². The second-order valence-electron chi connectivity index (χ2n) is 3.49. The second-order valence-corrected chi connectivity index (χ2v) is 5.68. The molecule has 0 amide bonds. The summed E-state index contributed by atoms with van der Waals surface area (Å²) in [6, 6.07) is 0.564. The van der Waals surface area contributed by atoms with Crippen LogP contribution in [0, 0.1) is 13.8 Å². The minimum absolute atomic E-state index is 0.564. The van der Waals surface area contributed by atoms with Gasteiger partial charge in [-0.1, -0.05) is 0 Å². The van der Waals surface area contributed by atoms with Crippen molar-refractivity contribution in [3.8, 4) is 0 Å². The van der Waals surface area contributed by atoms with Crippen LogP contribution >= 0.6 is 23.1 Å². The molecule has 0 aliphatic rings. The van der Waals surface area contributed by atoms with Gasteiger partial charge in [0.2, 0.25) is 0 Å². The Kier molecular flexibility index (Phi) is 4.92. The summed E-state index contributed by atoms with van der Waals surface area (Å²) >= 11 is 3.67. The molecular formula is C10H18N2S2. The van der Waals surface area contributed by atoms with Gasteiger partial charge in [0.25, 0.3) is 0 Å². The maximum Gasteiger partial charge on any atom is 0.107 e. The molecule has 1 aromatic rings. The van der Waals surface area contributed by atoms with Crippen molar-refractivity contribution >= 4 is 23.1 Å². The highest BCUT2D eigenvalue weighted by Gasteiger charge is 2.05. The minimum atomic E-state index is 0.564. The van der Waals surface area contributed by atoms with Gasteiger partial charge in [0.1, 0.15) is 5.01 Å². The average Bonchev–Trinajstić information content (AvgIpc) is 2.44.